The Labute approximate surface area is 201 Å². The minimum atomic E-state index is -2.33. The molecule has 5 N–H and O–H groups in total. The van der Waals surface area contributed by atoms with Crippen LogP contribution in [-0.2, 0) is 0 Å². The summed E-state index contributed by atoms with van der Waals surface area (Å²) in [7, 11) is 0. The molecule has 0 fully saturated rings. The van der Waals surface area contributed by atoms with E-state index in [1.165, 1.54) is 0 Å². The first-order valence-corrected chi connectivity index (χ1v) is 1.24. The molecule has 0 rings (SSSR count). The van der Waals surface area contributed by atoms with Crippen LogP contribution in [0.2, 0.25) is 0 Å². The van der Waals surface area contributed by atoms with E-state index in [1.54, 1.807) is 0 Å². The molecule has 0 aromatic carbocycles. The minimum Gasteiger partial charge on any atom is -0.652 e. The third kappa shape index (κ3) is 242. The fourth-order valence-corrected chi connectivity index (χ4v) is 0. The molecular weight excluding hydrogens is 269 g/mol. The number of carbonyl (C=O) groups excluding carboxylic acids is 1. The third-order valence-electron chi connectivity index (χ3n) is 0. The molecule has 0 saturated carbocycles. The van der Waals surface area contributed by atoms with Crippen LogP contribution in [0.1, 0.15) is 0 Å². The average molecular weight is 274 g/mol. The summed E-state index contributed by atoms with van der Waals surface area (Å²) in [6, 6.07) is 0. The molecule has 0 unspecified atom stereocenters. The first-order chi connectivity index (χ1) is 3.46. The Morgan fingerprint density at radius 1 is 0.846 bits per heavy atom. The first kappa shape index (κ1) is 44.0. The van der Waals surface area contributed by atoms with Crippen LogP contribution in [0, 0.1) is 0 Å². The van der Waals surface area contributed by atoms with E-state index in [9.17, 15) is 0 Å². The molecule has 0 aromatic rings. The maximum atomic E-state index is 8.44. The second-order valence-electron chi connectivity index (χ2n) is 0.516. The van der Waals surface area contributed by atoms with E-state index in [0.29, 0.717) is 0 Å². The molecule has 0 amide bonds. The van der Waals surface area contributed by atoms with Gasteiger partial charge >= 0.3 is 154 Å². The van der Waals surface area contributed by atoms with Crippen LogP contribution in [0.5, 0.6) is 0 Å². The number of rotatable bonds is 0. The van der Waals surface area contributed by atoms with Crippen LogP contribution in [0.3, 0.4) is 0 Å². The van der Waals surface area contributed by atoms with E-state index in [2.05, 4.69) is 0 Å². The topological polar surface area (TPSA) is 187 Å². The number of hydrogen-bond acceptors (Lipinski definition) is 5. The Kier molecular flexibility index (Phi) is 122. The zero-order valence-corrected chi connectivity index (χ0v) is 16.9. The normalized spacial score (nSPS) is 3.69. The summed E-state index contributed by atoms with van der Waals surface area (Å²) in [5.74, 6) is 0. The molecule has 8 nitrogen and oxygen atoms in total. The Balaban J connectivity index is -0.00000000800. The summed E-state index contributed by atoms with van der Waals surface area (Å²) >= 11 is 0. The summed E-state index contributed by atoms with van der Waals surface area (Å²) in [6.45, 7) is 0. The van der Waals surface area contributed by atoms with Crippen molar-refractivity contribution in [2.24, 2.45) is 0 Å². The number of carboxylic acid groups (broad SMARTS) is 4. The molecule has 0 aromatic heterocycles. The zero-order chi connectivity index (χ0) is 7.15. The van der Waals surface area contributed by atoms with E-state index in [-0.39, 0.29) is 165 Å². The van der Waals surface area contributed by atoms with Crippen LogP contribution in [0.15, 0.2) is 0 Å². The van der Waals surface area contributed by atoms with Crippen LogP contribution >= 0.6 is 0 Å². The molecule has 0 atom stereocenters. The van der Waals surface area contributed by atoms with Crippen LogP contribution in [0.4, 0.5) is 9.59 Å². The molecule has 0 aliphatic heterocycles. The Bertz CT molecular complexity index is 75.4. The largest absolute Gasteiger partial charge is 1.00 e. The van der Waals surface area contributed by atoms with Gasteiger partial charge in [0.05, 0.1) is 0 Å². The second kappa shape index (κ2) is 36.2. The fourth-order valence-electron chi connectivity index (χ4n) is 0. The predicted octanol–water partition coefficient (Wildman–Crippen LogP) is -14.2. The summed E-state index contributed by atoms with van der Waals surface area (Å²) in [5.41, 5.74) is 0. The van der Waals surface area contributed by atoms with Gasteiger partial charge in [0.2, 0.25) is 6.16 Å². The van der Waals surface area contributed by atoms with E-state index < -0.39 is 12.3 Å². The van der Waals surface area contributed by atoms with E-state index in [0.717, 1.165) is 0 Å². The summed E-state index contributed by atoms with van der Waals surface area (Å²) in [6.07, 6.45) is -4.42. The Morgan fingerprint density at radius 2 is 0.846 bits per heavy atom. The molecule has 0 aliphatic rings. The zero-order valence-electron chi connectivity index (χ0n) is 7.49. The van der Waals surface area contributed by atoms with Crippen molar-refractivity contribution in [1.29, 1.82) is 0 Å². The second-order valence-corrected chi connectivity index (χ2v) is 0.516. The average Bonchev–Trinajstić information content (AvgIpc) is 1.25. The predicted molar refractivity (Wildman–Crippen MR) is 20.6 cm³/mol. The van der Waals surface area contributed by atoms with Crippen molar-refractivity contribution in [1.82, 2.24) is 0 Å². The van der Waals surface area contributed by atoms with E-state index in [1.807, 2.05) is 0 Å². The molecule has 0 saturated heterocycles. The molecule has 0 aliphatic carbocycles. The van der Waals surface area contributed by atoms with Gasteiger partial charge in [0.1, 0.15) is 0 Å². The van der Waals surface area contributed by atoms with Crippen molar-refractivity contribution in [3.8, 4) is 0 Å². The van der Waals surface area contributed by atoms with E-state index >= 15 is 0 Å². The standard InChI is InChI=1S/2CH2O3.3K.2H2O/c2*2-1(3)4;;;;;/h2*(H2,2,3,4);;;;2*1H2/q;;3*+1;;/p-3. The molecule has 13 heavy (non-hydrogen) atoms. The molecule has 64 valence electrons. The van der Waals surface area contributed by atoms with Gasteiger partial charge in [-0.25, -0.2) is 0 Å². The smallest absolute Gasteiger partial charge is 0.652 e. The molecular formula is C2H5K3O8. The van der Waals surface area contributed by atoms with Crippen molar-refractivity contribution < 1.29 is 195 Å². The first-order valence-electron chi connectivity index (χ1n) is 1.24. The maximum Gasteiger partial charge on any atom is 1.00 e. The molecule has 11 heteroatoms. The van der Waals surface area contributed by atoms with Crippen molar-refractivity contribution in [2.75, 3.05) is 0 Å². The molecule has 0 spiro atoms. The third-order valence-corrected chi connectivity index (χ3v) is 0. The minimum absolute atomic E-state index is 0. The van der Waals surface area contributed by atoms with Crippen molar-refractivity contribution in [2.45, 2.75) is 0 Å². The monoisotopic (exact) mass is 274 g/mol. The van der Waals surface area contributed by atoms with Gasteiger partial charge in [-0.3, -0.25) is 0 Å². The molecule has 0 heterocycles. The molecule has 0 radical (unpaired) electrons. The van der Waals surface area contributed by atoms with Crippen LogP contribution in [-0.4, -0.2) is 28.4 Å². The summed E-state index contributed by atoms with van der Waals surface area (Å²) in [4.78, 5) is 16.8. The van der Waals surface area contributed by atoms with Gasteiger partial charge in [0.25, 0.3) is 0 Å². The van der Waals surface area contributed by atoms with Crippen LogP contribution < -0.4 is 169 Å². The van der Waals surface area contributed by atoms with Gasteiger partial charge in [-0.2, -0.15) is 0 Å². The number of carbonyl (C=O) groups is 2. The summed E-state index contributed by atoms with van der Waals surface area (Å²) in [5, 5.41) is 32.0. The van der Waals surface area contributed by atoms with Crippen molar-refractivity contribution in [3.05, 3.63) is 0 Å². The van der Waals surface area contributed by atoms with Gasteiger partial charge in [0, 0.05) is 0 Å². The van der Waals surface area contributed by atoms with Crippen molar-refractivity contribution in [3.63, 3.8) is 0 Å². The van der Waals surface area contributed by atoms with Gasteiger partial charge in [0.15, 0.2) is 0 Å². The van der Waals surface area contributed by atoms with E-state index in [4.69, 9.17) is 30.0 Å². The SMILES string of the molecule is O.O.O=C([O-])O.O=C([O-])[O-].[K+].[K+].[K+]. The Hall–Kier alpha value is 3.37. The van der Waals surface area contributed by atoms with Gasteiger partial charge in [-0.05, 0) is 6.16 Å². The summed E-state index contributed by atoms with van der Waals surface area (Å²) < 4.78 is 0. The Morgan fingerprint density at radius 3 is 0.846 bits per heavy atom. The van der Waals surface area contributed by atoms with Crippen LogP contribution in [0.25, 0.3) is 0 Å². The molecule has 0 bridgehead atoms. The maximum absolute atomic E-state index is 8.44. The van der Waals surface area contributed by atoms with Gasteiger partial charge < -0.3 is 41.0 Å². The number of hydrogen-bond donors (Lipinski definition) is 1. The van der Waals surface area contributed by atoms with Gasteiger partial charge in [-0.15, -0.1) is 0 Å². The fraction of sp³-hybridized carbons (Fsp3) is 0. The van der Waals surface area contributed by atoms with Crippen molar-refractivity contribution >= 4 is 12.3 Å². The van der Waals surface area contributed by atoms with Gasteiger partial charge in [-0.1, -0.05) is 0 Å². The quantitative estimate of drug-likeness (QED) is 0.427.